The first-order valence-electron chi connectivity index (χ1n) is 6.23. The van der Waals surface area contributed by atoms with E-state index in [2.05, 4.69) is 4.57 Å². The molecule has 0 saturated carbocycles. The lowest BCUT2D eigenvalue weighted by Crippen LogP contribution is -2.02. The Morgan fingerprint density at radius 1 is 1.16 bits per heavy atom. The van der Waals surface area contributed by atoms with Gasteiger partial charge in [-0.15, -0.1) is 0 Å². The summed E-state index contributed by atoms with van der Waals surface area (Å²) in [6.07, 6.45) is 2.02. The molecule has 0 spiro atoms. The van der Waals surface area contributed by atoms with E-state index in [1.165, 1.54) is 6.07 Å². The molecule has 0 bridgehead atoms. The van der Waals surface area contributed by atoms with Gasteiger partial charge in [-0.05, 0) is 42.3 Å². The SMILES string of the molecule is Cc1cc(F)ccc1Cn1ccc2cccc(N)c21. The molecule has 2 aromatic carbocycles. The molecule has 96 valence electrons. The van der Waals surface area contributed by atoms with Gasteiger partial charge in [-0.2, -0.15) is 0 Å². The van der Waals surface area contributed by atoms with Crippen LogP contribution < -0.4 is 5.73 Å². The van der Waals surface area contributed by atoms with Crippen molar-refractivity contribution in [3.05, 3.63) is 65.6 Å². The second kappa shape index (κ2) is 4.43. The lowest BCUT2D eigenvalue weighted by atomic mass is 10.1. The van der Waals surface area contributed by atoms with Crippen molar-refractivity contribution in [3.63, 3.8) is 0 Å². The van der Waals surface area contributed by atoms with E-state index in [4.69, 9.17) is 5.73 Å². The van der Waals surface area contributed by atoms with E-state index in [1.807, 2.05) is 43.5 Å². The normalized spacial score (nSPS) is 11.1. The number of rotatable bonds is 2. The number of anilines is 1. The molecule has 0 aliphatic rings. The van der Waals surface area contributed by atoms with Crippen molar-refractivity contribution in [1.29, 1.82) is 0 Å². The maximum absolute atomic E-state index is 13.1. The number of aryl methyl sites for hydroxylation is 1. The van der Waals surface area contributed by atoms with Crippen molar-refractivity contribution >= 4 is 16.6 Å². The zero-order chi connectivity index (χ0) is 13.4. The van der Waals surface area contributed by atoms with E-state index >= 15 is 0 Å². The monoisotopic (exact) mass is 254 g/mol. The van der Waals surface area contributed by atoms with E-state index in [9.17, 15) is 4.39 Å². The van der Waals surface area contributed by atoms with Gasteiger partial charge in [0, 0.05) is 18.1 Å². The summed E-state index contributed by atoms with van der Waals surface area (Å²) in [5, 5.41) is 1.12. The molecular weight excluding hydrogens is 239 g/mol. The van der Waals surface area contributed by atoms with Crippen LogP contribution in [0, 0.1) is 12.7 Å². The van der Waals surface area contributed by atoms with E-state index < -0.39 is 0 Å². The van der Waals surface area contributed by atoms with Crippen LogP contribution in [0.5, 0.6) is 0 Å². The maximum atomic E-state index is 13.1. The fourth-order valence-corrected chi connectivity index (χ4v) is 2.44. The number of hydrogen-bond acceptors (Lipinski definition) is 1. The Hall–Kier alpha value is -2.29. The number of nitrogens with two attached hydrogens (primary N) is 1. The molecule has 0 aliphatic heterocycles. The van der Waals surface area contributed by atoms with Crippen LogP contribution >= 0.6 is 0 Å². The Kier molecular flexibility index (Phi) is 2.75. The van der Waals surface area contributed by atoms with Gasteiger partial charge >= 0.3 is 0 Å². The van der Waals surface area contributed by atoms with Crippen LogP contribution in [0.2, 0.25) is 0 Å². The van der Waals surface area contributed by atoms with Crippen molar-refractivity contribution in [1.82, 2.24) is 4.57 Å². The minimum Gasteiger partial charge on any atom is -0.397 e. The van der Waals surface area contributed by atoms with Crippen molar-refractivity contribution in [3.8, 4) is 0 Å². The summed E-state index contributed by atoms with van der Waals surface area (Å²) in [5.41, 5.74) is 9.89. The van der Waals surface area contributed by atoms with Gasteiger partial charge in [-0.3, -0.25) is 0 Å². The number of hydrogen-bond donors (Lipinski definition) is 1. The number of nitrogens with zero attached hydrogens (tertiary/aromatic N) is 1. The highest BCUT2D eigenvalue weighted by Crippen LogP contribution is 2.23. The minimum absolute atomic E-state index is 0.196. The summed E-state index contributed by atoms with van der Waals surface area (Å²) < 4.78 is 15.2. The molecule has 1 heterocycles. The van der Waals surface area contributed by atoms with Crippen molar-refractivity contribution in [2.75, 3.05) is 5.73 Å². The second-order valence-electron chi connectivity index (χ2n) is 4.80. The Morgan fingerprint density at radius 3 is 2.79 bits per heavy atom. The van der Waals surface area contributed by atoms with Gasteiger partial charge in [-0.1, -0.05) is 18.2 Å². The van der Waals surface area contributed by atoms with Crippen LogP contribution in [0.25, 0.3) is 10.9 Å². The average molecular weight is 254 g/mol. The summed E-state index contributed by atoms with van der Waals surface area (Å²) in [5.74, 6) is -0.196. The van der Waals surface area contributed by atoms with E-state index in [1.54, 1.807) is 6.07 Å². The van der Waals surface area contributed by atoms with Crippen LogP contribution in [-0.4, -0.2) is 4.57 Å². The Balaban J connectivity index is 2.06. The molecule has 0 atom stereocenters. The highest BCUT2D eigenvalue weighted by molar-refractivity contribution is 5.90. The highest BCUT2D eigenvalue weighted by Gasteiger charge is 2.06. The summed E-state index contributed by atoms with van der Waals surface area (Å²) in [4.78, 5) is 0. The maximum Gasteiger partial charge on any atom is 0.123 e. The highest BCUT2D eigenvalue weighted by atomic mass is 19.1. The van der Waals surface area contributed by atoms with E-state index in [-0.39, 0.29) is 5.82 Å². The first-order chi connectivity index (χ1) is 9.15. The zero-order valence-electron chi connectivity index (χ0n) is 10.7. The van der Waals surface area contributed by atoms with Gasteiger partial charge in [0.05, 0.1) is 11.2 Å². The third-order valence-electron chi connectivity index (χ3n) is 3.47. The van der Waals surface area contributed by atoms with Crippen LogP contribution in [0.15, 0.2) is 48.7 Å². The van der Waals surface area contributed by atoms with Crippen LogP contribution in [0.4, 0.5) is 10.1 Å². The van der Waals surface area contributed by atoms with Gasteiger partial charge in [0.25, 0.3) is 0 Å². The standard InChI is InChI=1S/C16H15FN2/c1-11-9-14(17)6-5-13(11)10-19-8-7-12-3-2-4-15(18)16(12)19/h2-9H,10,18H2,1H3. The molecule has 0 radical (unpaired) electrons. The third kappa shape index (κ3) is 2.08. The molecule has 3 aromatic rings. The summed E-state index contributed by atoms with van der Waals surface area (Å²) in [6, 6.07) is 12.8. The predicted molar refractivity (Wildman–Crippen MR) is 76.6 cm³/mol. The molecule has 0 aliphatic carbocycles. The fraction of sp³-hybridized carbons (Fsp3) is 0.125. The Morgan fingerprint density at radius 2 is 2.00 bits per heavy atom. The average Bonchev–Trinajstić information content (AvgIpc) is 2.77. The molecule has 3 heteroatoms. The molecule has 0 unspecified atom stereocenters. The summed E-state index contributed by atoms with van der Waals surface area (Å²) in [7, 11) is 0. The van der Waals surface area contributed by atoms with Crippen LogP contribution in [-0.2, 0) is 6.54 Å². The van der Waals surface area contributed by atoms with Crippen molar-refractivity contribution in [2.24, 2.45) is 0 Å². The topological polar surface area (TPSA) is 30.9 Å². The van der Waals surface area contributed by atoms with Gasteiger partial charge in [0.15, 0.2) is 0 Å². The van der Waals surface area contributed by atoms with Crippen molar-refractivity contribution in [2.45, 2.75) is 13.5 Å². The zero-order valence-corrected chi connectivity index (χ0v) is 10.7. The summed E-state index contributed by atoms with van der Waals surface area (Å²) in [6.45, 7) is 2.62. The number of nitrogen functional groups attached to an aromatic ring is 1. The number of benzene rings is 2. The minimum atomic E-state index is -0.196. The molecule has 1 aromatic heterocycles. The number of para-hydroxylation sites is 1. The first-order valence-corrected chi connectivity index (χ1v) is 6.23. The number of fused-ring (bicyclic) bond motifs is 1. The van der Waals surface area contributed by atoms with Gasteiger partial charge in [0.2, 0.25) is 0 Å². The smallest absolute Gasteiger partial charge is 0.123 e. The molecule has 2 N–H and O–H groups in total. The molecule has 0 fully saturated rings. The third-order valence-corrected chi connectivity index (χ3v) is 3.47. The van der Waals surface area contributed by atoms with E-state index in [0.717, 1.165) is 27.7 Å². The first kappa shape index (κ1) is 11.8. The molecular formula is C16H15FN2. The summed E-state index contributed by atoms with van der Waals surface area (Å²) >= 11 is 0. The predicted octanol–water partition coefficient (Wildman–Crippen LogP) is 3.72. The number of aromatic nitrogens is 1. The molecule has 2 nitrogen and oxygen atoms in total. The van der Waals surface area contributed by atoms with Gasteiger partial charge in [-0.25, -0.2) is 4.39 Å². The largest absolute Gasteiger partial charge is 0.397 e. The van der Waals surface area contributed by atoms with Crippen LogP contribution in [0.3, 0.4) is 0 Å². The van der Waals surface area contributed by atoms with Gasteiger partial charge < -0.3 is 10.3 Å². The molecule has 3 rings (SSSR count). The number of halogens is 1. The van der Waals surface area contributed by atoms with Gasteiger partial charge in [0.1, 0.15) is 5.82 Å². The van der Waals surface area contributed by atoms with Crippen molar-refractivity contribution < 1.29 is 4.39 Å². The Labute approximate surface area is 111 Å². The molecule has 0 amide bonds. The van der Waals surface area contributed by atoms with Crippen LogP contribution in [0.1, 0.15) is 11.1 Å². The lowest BCUT2D eigenvalue weighted by Gasteiger charge is -2.10. The molecule has 19 heavy (non-hydrogen) atoms. The Bertz CT molecular complexity index is 744. The molecule has 0 saturated heterocycles. The lowest BCUT2D eigenvalue weighted by molar-refractivity contribution is 0.625. The quantitative estimate of drug-likeness (QED) is 0.694. The van der Waals surface area contributed by atoms with E-state index in [0.29, 0.717) is 6.54 Å². The second-order valence-corrected chi connectivity index (χ2v) is 4.80. The fourth-order valence-electron chi connectivity index (χ4n) is 2.44.